The maximum absolute atomic E-state index is 6.22. The first kappa shape index (κ1) is 34.4. The molecule has 60 heavy (non-hydrogen) atoms. The van der Waals surface area contributed by atoms with Gasteiger partial charge in [0.05, 0.1) is 15.7 Å². The Morgan fingerprint density at radius 2 is 0.883 bits per heavy atom. The smallest absolute Gasteiger partial charge is 0.135 e. The van der Waals surface area contributed by atoms with Crippen molar-refractivity contribution in [2.75, 3.05) is 4.90 Å². The highest BCUT2D eigenvalue weighted by Crippen LogP contribution is 2.44. The summed E-state index contributed by atoms with van der Waals surface area (Å²) < 4.78 is 11.3. The highest BCUT2D eigenvalue weighted by atomic mass is 32.1. The lowest BCUT2D eigenvalue weighted by Gasteiger charge is -2.26. The number of furan rings is 1. The molecule has 3 nitrogen and oxygen atoms in total. The number of hydrogen-bond acceptors (Lipinski definition) is 3. The summed E-state index contributed by atoms with van der Waals surface area (Å²) in [6, 6.07) is 78.5. The number of para-hydroxylation sites is 2. The molecule has 0 saturated heterocycles. The average molecular weight is 785 g/mol. The normalized spacial score (nSPS) is 11.7. The van der Waals surface area contributed by atoms with E-state index in [-0.39, 0.29) is 0 Å². The summed E-state index contributed by atoms with van der Waals surface area (Å²) in [5, 5.41) is 4.79. The molecule has 0 aliphatic carbocycles. The van der Waals surface area contributed by atoms with E-state index in [0.29, 0.717) is 0 Å². The Morgan fingerprint density at radius 3 is 1.57 bits per heavy atom. The van der Waals surface area contributed by atoms with Gasteiger partial charge in [-0.3, -0.25) is 0 Å². The van der Waals surface area contributed by atoms with Crippen LogP contribution in [0.25, 0.3) is 92.2 Å². The van der Waals surface area contributed by atoms with Gasteiger partial charge in [-0.15, -0.1) is 11.3 Å². The van der Waals surface area contributed by atoms with Crippen molar-refractivity contribution in [1.29, 1.82) is 0 Å². The van der Waals surface area contributed by atoms with Crippen LogP contribution in [0.5, 0.6) is 0 Å². The molecule has 282 valence electrons. The average Bonchev–Trinajstić information content (AvgIpc) is 3.99. The van der Waals surface area contributed by atoms with E-state index in [1.807, 2.05) is 23.5 Å². The Labute approximate surface area is 351 Å². The minimum atomic E-state index is 0.885. The Morgan fingerprint density at radius 1 is 0.367 bits per heavy atom. The summed E-state index contributed by atoms with van der Waals surface area (Å²) >= 11 is 1.88. The SMILES string of the molecule is c1ccc(-c2ccc(N(c3ccc(-c4ccc(-n5c6ccccc6c6sc7ccc(-c8ccccc8)cc7c65)cc4)cc3)c3ccc4oc5ccccc5c4c3)cc2)cc1. The highest BCUT2D eigenvalue weighted by molar-refractivity contribution is 7.26. The second kappa shape index (κ2) is 14.0. The summed E-state index contributed by atoms with van der Waals surface area (Å²) in [6.07, 6.45) is 0. The fourth-order valence-corrected chi connectivity index (χ4v) is 10.1. The summed E-state index contributed by atoms with van der Waals surface area (Å²) in [5.41, 5.74) is 15.8. The van der Waals surface area contributed by atoms with Crippen molar-refractivity contribution in [2.45, 2.75) is 0 Å². The number of fused-ring (bicyclic) bond motifs is 8. The van der Waals surface area contributed by atoms with Gasteiger partial charge >= 0.3 is 0 Å². The predicted molar refractivity (Wildman–Crippen MR) is 254 cm³/mol. The van der Waals surface area contributed by atoms with E-state index in [0.717, 1.165) is 50.3 Å². The highest BCUT2D eigenvalue weighted by Gasteiger charge is 2.19. The molecule has 0 bridgehead atoms. The number of benzene rings is 9. The first-order chi connectivity index (χ1) is 29.7. The third kappa shape index (κ3) is 5.72. The van der Waals surface area contributed by atoms with Crippen molar-refractivity contribution >= 4 is 81.5 Å². The number of aromatic nitrogens is 1. The predicted octanol–water partition coefficient (Wildman–Crippen LogP) is 16.4. The van der Waals surface area contributed by atoms with Gasteiger partial charge in [0.15, 0.2) is 0 Å². The van der Waals surface area contributed by atoms with Gasteiger partial charge in [0, 0.05) is 49.0 Å². The molecular weight excluding hydrogens is 749 g/mol. The van der Waals surface area contributed by atoms with Gasteiger partial charge in [-0.05, 0) is 112 Å². The van der Waals surface area contributed by atoms with Crippen LogP contribution >= 0.6 is 11.3 Å². The minimum absolute atomic E-state index is 0.885. The number of nitrogens with zero attached hydrogens (tertiary/aromatic N) is 2. The molecule has 9 aromatic carbocycles. The van der Waals surface area contributed by atoms with Crippen LogP contribution < -0.4 is 4.90 Å². The molecule has 0 fully saturated rings. The second-order valence-corrected chi connectivity index (χ2v) is 16.4. The summed E-state index contributed by atoms with van der Waals surface area (Å²) in [6.45, 7) is 0. The molecule has 12 aromatic rings. The van der Waals surface area contributed by atoms with Crippen molar-refractivity contribution < 1.29 is 4.42 Å². The van der Waals surface area contributed by atoms with Gasteiger partial charge in [-0.1, -0.05) is 140 Å². The topological polar surface area (TPSA) is 21.3 Å². The molecule has 0 amide bonds. The van der Waals surface area contributed by atoms with Crippen molar-refractivity contribution in [3.63, 3.8) is 0 Å². The Bertz CT molecular complexity index is 3510. The van der Waals surface area contributed by atoms with E-state index in [1.54, 1.807) is 0 Å². The molecule has 0 radical (unpaired) electrons. The number of rotatable bonds is 7. The fourth-order valence-electron chi connectivity index (χ4n) is 8.89. The molecule has 0 aliphatic heterocycles. The second-order valence-electron chi connectivity index (χ2n) is 15.3. The molecule has 0 unspecified atom stereocenters. The van der Waals surface area contributed by atoms with E-state index in [1.165, 1.54) is 59.0 Å². The Hall–Kier alpha value is -7.66. The molecule has 3 heterocycles. The van der Waals surface area contributed by atoms with Crippen LogP contribution in [0.3, 0.4) is 0 Å². The van der Waals surface area contributed by atoms with Crippen LogP contribution in [0.15, 0.2) is 223 Å². The zero-order valence-corrected chi connectivity index (χ0v) is 33.3. The lowest BCUT2D eigenvalue weighted by Crippen LogP contribution is -2.09. The summed E-state index contributed by atoms with van der Waals surface area (Å²) in [7, 11) is 0. The zero-order chi connectivity index (χ0) is 39.6. The van der Waals surface area contributed by atoms with Gasteiger partial charge in [-0.2, -0.15) is 0 Å². The molecule has 0 aliphatic rings. The van der Waals surface area contributed by atoms with Crippen molar-refractivity contribution in [2.24, 2.45) is 0 Å². The lowest BCUT2D eigenvalue weighted by atomic mass is 10.0. The van der Waals surface area contributed by atoms with Crippen molar-refractivity contribution in [3.8, 4) is 39.1 Å². The fraction of sp³-hybridized carbons (Fsp3) is 0. The Kier molecular flexibility index (Phi) is 8.03. The zero-order valence-electron chi connectivity index (χ0n) is 32.5. The molecule has 3 aromatic heterocycles. The van der Waals surface area contributed by atoms with Gasteiger partial charge in [-0.25, -0.2) is 0 Å². The third-order valence-electron chi connectivity index (χ3n) is 11.8. The van der Waals surface area contributed by atoms with E-state index < -0.39 is 0 Å². The van der Waals surface area contributed by atoms with Crippen LogP contribution in [0.1, 0.15) is 0 Å². The number of hydrogen-bond donors (Lipinski definition) is 0. The molecular formula is C56H36N2OS. The Balaban J connectivity index is 0.924. The summed E-state index contributed by atoms with van der Waals surface area (Å²) in [5.74, 6) is 0. The molecule has 4 heteroatoms. The minimum Gasteiger partial charge on any atom is -0.456 e. The molecule has 0 atom stereocenters. The van der Waals surface area contributed by atoms with Crippen LogP contribution in [0, 0.1) is 0 Å². The largest absolute Gasteiger partial charge is 0.456 e. The van der Waals surface area contributed by atoms with E-state index in [9.17, 15) is 0 Å². The standard InChI is InChI=1S/C56H36N2OS/c1-3-11-37(12-4-1)39-19-26-43(27-20-39)57(46-32-33-53-49(36-46)47-15-8-10-18-52(47)59-53)44-28-21-40(22-29-44)41-23-30-45(31-24-41)58-51-17-9-7-16-48(51)56-55(58)50-35-42(25-34-54(50)60-56)38-13-5-2-6-14-38/h1-36H. The molecule has 12 rings (SSSR count). The first-order valence-corrected chi connectivity index (χ1v) is 21.1. The number of thiophene rings is 1. The van der Waals surface area contributed by atoms with Gasteiger partial charge < -0.3 is 13.9 Å². The quantitative estimate of drug-likeness (QED) is 0.161. The number of anilines is 3. The molecule has 0 saturated carbocycles. The summed E-state index contributed by atoms with van der Waals surface area (Å²) in [4.78, 5) is 2.33. The third-order valence-corrected chi connectivity index (χ3v) is 13.0. The van der Waals surface area contributed by atoms with Crippen LogP contribution in [0.4, 0.5) is 17.1 Å². The van der Waals surface area contributed by atoms with Crippen LogP contribution in [-0.4, -0.2) is 4.57 Å². The molecule has 0 N–H and O–H groups in total. The maximum Gasteiger partial charge on any atom is 0.135 e. The van der Waals surface area contributed by atoms with E-state index in [4.69, 9.17) is 4.42 Å². The van der Waals surface area contributed by atoms with Crippen LogP contribution in [-0.2, 0) is 0 Å². The van der Waals surface area contributed by atoms with E-state index >= 15 is 0 Å². The van der Waals surface area contributed by atoms with Gasteiger partial charge in [0.2, 0.25) is 0 Å². The van der Waals surface area contributed by atoms with Crippen molar-refractivity contribution in [3.05, 3.63) is 218 Å². The molecule has 0 spiro atoms. The van der Waals surface area contributed by atoms with Crippen LogP contribution in [0.2, 0.25) is 0 Å². The lowest BCUT2D eigenvalue weighted by molar-refractivity contribution is 0.669. The van der Waals surface area contributed by atoms with E-state index in [2.05, 4.69) is 216 Å². The van der Waals surface area contributed by atoms with Gasteiger partial charge in [0.1, 0.15) is 11.2 Å². The maximum atomic E-state index is 6.22. The monoisotopic (exact) mass is 784 g/mol. The van der Waals surface area contributed by atoms with Crippen molar-refractivity contribution in [1.82, 2.24) is 4.57 Å². The first-order valence-electron chi connectivity index (χ1n) is 20.3. The van der Waals surface area contributed by atoms with Gasteiger partial charge in [0.25, 0.3) is 0 Å².